The molecule has 0 bridgehead atoms. The normalized spacial score (nSPS) is 20.1. The summed E-state index contributed by atoms with van der Waals surface area (Å²) in [6.45, 7) is 1.21. The van der Waals surface area contributed by atoms with Crippen molar-refractivity contribution in [3.8, 4) is 0 Å². The number of urea groups is 1. The van der Waals surface area contributed by atoms with Crippen LogP contribution in [-0.4, -0.2) is 27.9 Å². The van der Waals surface area contributed by atoms with Gasteiger partial charge >= 0.3 is 6.03 Å². The summed E-state index contributed by atoms with van der Waals surface area (Å²) >= 11 is 0. The van der Waals surface area contributed by atoms with Crippen LogP contribution in [0.2, 0.25) is 0 Å². The molecule has 1 fully saturated rings. The molecule has 1 atom stereocenters. The first kappa shape index (κ1) is 19.8. The first-order valence-electron chi connectivity index (χ1n) is 11.2. The van der Waals surface area contributed by atoms with Crippen LogP contribution in [0.1, 0.15) is 55.2 Å². The van der Waals surface area contributed by atoms with Crippen LogP contribution in [0.4, 0.5) is 10.5 Å². The zero-order valence-electron chi connectivity index (χ0n) is 17.6. The maximum Gasteiger partial charge on any atom is 0.322 e. The molecule has 1 saturated carbocycles. The number of carbonyl (C=O) groups is 2. The van der Waals surface area contributed by atoms with Crippen molar-refractivity contribution in [1.82, 2.24) is 15.2 Å². The molecular weight excluding hydrogens is 388 g/mol. The Hall–Kier alpha value is -3.15. The van der Waals surface area contributed by atoms with Crippen LogP contribution < -0.4 is 10.6 Å². The van der Waals surface area contributed by atoms with E-state index in [0.29, 0.717) is 25.4 Å². The SMILES string of the molecule is O=C(CC1CC1)NC1CC=C(c2ccc(NC(=O)N3Cc4ccncc4C3)cc2)CC1. The molecule has 6 nitrogen and oxygen atoms in total. The second-order valence-corrected chi connectivity index (χ2v) is 8.92. The van der Waals surface area contributed by atoms with Crippen molar-refractivity contribution < 1.29 is 9.59 Å². The Morgan fingerprint density at radius 2 is 1.84 bits per heavy atom. The Balaban J connectivity index is 1.13. The Bertz CT molecular complexity index is 985. The van der Waals surface area contributed by atoms with Crippen molar-refractivity contribution in [1.29, 1.82) is 0 Å². The second kappa shape index (κ2) is 8.53. The van der Waals surface area contributed by atoms with E-state index in [1.807, 2.05) is 24.4 Å². The van der Waals surface area contributed by atoms with Gasteiger partial charge in [0, 0.05) is 43.6 Å². The smallest absolute Gasteiger partial charge is 0.322 e. The molecule has 2 aliphatic carbocycles. The highest BCUT2D eigenvalue weighted by Gasteiger charge is 2.26. The number of hydrogen-bond acceptors (Lipinski definition) is 3. The number of nitrogens with zero attached hydrogens (tertiary/aromatic N) is 2. The van der Waals surface area contributed by atoms with Crippen LogP contribution in [0.25, 0.3) is 5.57 Å². The minimum Gasteiger partial charge on any atom is -0.353 e. The molecular formula is C25H28N4O2. The lowest BCUT2D eigenvalue weighted by molar-refractivity contribution is -0.122. The molecule has 6 heteroatoms. The standard InChI is InChI=1S/C25H28N4O2/c30-24(13-17-1-2-17)27-22-7-3-18(4-8-22)19-5-9-23(10-6-19)28-25(31)29-15-20-11-12-26-14-21(20)16-29/h3,5-6,9-12,14,17,22H,1-2,4,7-8,13,15-16H2,(H,27,30)(H,28,31). The van der Waals surface area contributed by atoms with Gasteiger partial charge in [-0.3, -0.25) is 9.78 Å². The maximum atomic E-state index is 12.6. The number of pyridine rings is 1. The molecule has 3 aliphatic rings. The zero-order chi connectivity index (χ0) is 21.2. The molecule has 1 unspecified atom stereocenters. The monoisotopic (exact) mass is 416 g/mol. The third kappa shape index (κ3) is 4.79. The van der Waals surface area contributed by atoms with E-state index in [0.717, 1.165) is 36.1 Å². The van der Waals surface area contributed by atoms with Gasteiger partial charge in [-0.2, -0.15) is 0 Å². The molecule has 5 rings (SSSR count). The Morgan fingerprint density at radius 3 is 2.55 bits per heavy atom. The van der Waals surface area contributed by atoms with Crippen LogP contribution >= 0.6 is 0 Å². The number of amides is 3. The lowest BCUT2D eigenvalue weighted by atomic mass is 9.90. The highest BCUT2D eigenvalue weighted by molar-refractivity contribution is 5.90. The lowest BCUT2D eigenvalue weighted by Crippen LogP contribution is -2.35. The van der Waals surface area contributed by atoms with Gasteiger partial charge in [-0.15, -0.1) is 0 Å². The van der Waals surface area contributed by atoms with E-state index in [9.17, 15) is 9.59 Å². The summed E-state index contributed by atoms with van der Waals surface area (Å²) in [6, 6.07) is 10.2. The van der Waals surface area contributed by atoms with Crippen molar-refractivity contribution in [3.05, 3.63) is 65.5 Å². The Labute approximate surface area is 182 Å². The van der Waals surface area contributed by atoms with Gasteiger partial charge in [0.15, 0.2) is 0 Å². The Kier molecular flexibility index (Phi) is 5.45. The van der Waals surface area contributed by atoms with Gasteiger partial charge in [-0.05, 0) is 78.5 Å². The maximum absolute atomic E-state index is 12.6. The van der Waals surface area contributed by atoms with Gasteiger partial charge in [-0.1, -0.05) is 18.2 Å². The molecule has 31 heavy (non-hydrogen) atoms. The van der Waals surface area contributed by atoms with Gasteiger partial charge in [0.2, 0.25) is 5.91 Å². The molecule has 3 amide bonds. The van der Waals surface area contributed by atoms with Crippen molar-refractivity contribution in [3.63, 3.8) is 0 Å². The summed E-state index contributed by atoms with van der Waals surface area (Å²) in [5.41, 5.74) is 5.56. The molecule has 160 valence electrons. The van der Waals surface area contributed by atoms with Gasteiger partial charge in [0.25, 0.3) is 0 Å². The largest absolute Gasteiger partial charge is 0.353 e. The predicted octanol–water partition coefficient (Wildman–Crippen LogP) is 4.48. The van der Waals surface area contributed by atoms with Gasteiger partial charge < -0.3 is 15.5 Å². The van der Waals surface area contributed by atoms with Crippen LogP contribution in [0.3, 0.4) is 0 Å². The number of allylic oxidation sites excluding steroid dienone is 1. The molecule has 2 N–H and O–H groups in total. The molecule has 0 radical (unpaired) electrons. The van der Waals surface area contributed by atoms with Gasteiger partial charge in [0.1, 0.15) is 0 Å². The van der Waals surface area contributed by atoms with E-state index in [1.54, 1.807) is 11.1 Å². The van der Waals surface area contributed by atoms with E-state index in [2.05, 4.69) is 33.8 Å². The highest BCUT2D eigenvalue weighted by atomic mass is 16.2. The summed E-state index contributed by atoms with van der Waals surface area (Å²) < 4.78 is 0. The number of aromatic nitrogens is 1. The molecule has 0 spiro atoms. The van der Waals surface area contributed by atoms with E-state index < -0.39 is 0 Å². The number of nitrogens with one attached hydrogen (secondary N) is 2. The predicted molar refractivity (Wildman–Crippen MR) is 120 cm³/mol. The highest BCUT2D eigenvalue weighted by Crippen LogP contribution is 2.33. The molecule has 0 saturated heterocycles. The fourth-order valence-electron chi connectivity index (χ4n) is 4.43. The molecule has 1 aromatic carbocycles. The van der Waals surface area contributed by atoms with Crippen LogP contribution in [0.15, 0.2) is 48.8 Å². The van der Waals surface area contributed by atoms with Crippen LogP contribution in [0.5, 0.6) is 0 Å². The fourth-order valence-corrected chi connectivity index (χ4v) is 4.43. The number of rotatable bonds is 5. The van der Waals surface area contributed by atoms with Crippen LogP contribution in [0, 0.1) is 5.92 Å². The zero-order valence-corrected chi connectivity index (χ0v) is 17.6. The van der Waals surface area contributed by atoms with Crippen molar-refractivity contribution in [2.45, 2.75) is 57.7 Å². The molecule has 1 aliphatic heterocycles. The molecule has 2 aromatic rings. The average Bonchev–Trinajstić information content (AvgIpc) is 3.48. The minimum atomic E-state index is -0.0920. The average molecular weight is 417 g/mol. The van der Waals surface area contributed by atoms with Crippen molar-refractivity contribution >= 4 is 23.2 Å². The van der Waals surface area contributed by atoms with E-state index >= 15 is 0 Å². The van der Waals surface area contributed by atoms with E-state index in [1.165, 1.54) is 24.0 Å². The van der Waals surface area contributed by atoms with Crippen LogP contribution in [-0.2, 0) is 17.9 Å². The number of hydrogen-bond donors (Lipinski definition) is 2. The number of fused-ring (bicyclic) bond motifs is 1. The first-order valence-corrected chi connectivity index (χ1v) is 11.2. The molecule has 1 aromatic heterocycles. The number of carbonyl (C=O) groups excluding carboxylic acids is 2. The van der Waals surface area contributed by atoms with Gasteiger partial charge in [0.05, 0.1) is 0 Å². The quantitative estimate of drug-likeness (QED) is 0.755. The van der Waals surface area contributed by atoms with E-state index in [4.69, 9.17) is 0 Å². The van der Waals surface area contributed by atoms with Crippen molar-refractivity contribution in [2.75, 3.05) is 5.32 Å². The topological polar surface area (TPSA) is 74.3 Å². The minimum absolute atomic E-state index is 0.0920. The second-order valence-electron chi connectivity index (χ2n) is 8.92. The number of benzene rings is 1. The third-order valence-corrected chi connectivity index (χ3v) is 6.47. The summed E-state index contributed by atoms with van der Waals surface area (Å²) in [5.74, 6) is 0.841. The van der Waals surface area contributed by atoms with Gasteiger partial charge in [-0.25, -0.2) is 4.79 Å². The summed E-state index contributed by atoms with van der Waals surface area (Å²) in [6.07, 6.45) is 11.8. The lowest BCUT2D eigenvalue weighted by Gasteiger charge is -2.23. The summed E-state index contributed by atoms with van der Waals surface area (Å²) in [5, 5.41) is 6.18. The van der Waals surface area contributed by atoms with E-state index in [-0.39, 0.29) is 18.0 Å². The first-order chi connectivity index (χ1) is 15.1. The summed E-state index contributed by atoms with van der Waals surface area (Å²) in [7, 11) is 0. The molecule has 2 heterocycles. The van der Waals surface area contributed by atoms with Crippen molar-refractivity contribution in [2.24, 2.45) is 5.92 Å². The fraction of sp³-hybridized carbons (Fsp3) is 0.400. The Morgan fingerprint density at radius 1 is 1.03 bits per heavy atom. The number of anilines is 1. The third-order valence-electron chi connectivity index (χ3n) is 6.47. The summed E-state index contributed by atoms with van der Waals surface area (Å²) in [4.78, 5) is 30.6.